The first kappa shape index (κ1) is 13.6. The second-order valence-electron chi connectivity index (χ2n) is 5.13. The number of nitrogens with zero attached hydrogens (tertiary/aromatic N) is 1. The minimum Gasteiger partial charge on any atom is -0.489 e. The number of benzene rings is 2. The third-order valence-corrected chi connectivity index (χ3v) is 3.69. The molecule has 3 rings (SSSR count). The molecule has 2 aromatic carbocycles. The number of nitro benzene ring substituents is 1. The van der Waals surface area contributed by atoms with Gasteiger partial charge < -0.3 is 9.84 Å². The van der Waals surface area contributed by atoms with Crippen molar-refractivity contribution in [1.29, 1.82) is 0 Å². The number of hydrogen-bond donors (Lipinski definition) is 1. The second-order valence-corrected chi connectivity index (χ2v) is 5.13. The molecule has 0 fully saturated rings. The molecule has 0 bridgehead atoms. The van der Waals surface area contributed by atoms with Crippen LogP contribution in [0.5, 0.6) is 5.75 Å². The highest BCUT2D eigenvalue weighted by molar-refractivity contribution is 5.40. The highest BCUT2D eigenvalue weighted by atomic mass is 16.6. The molecule has 5 heteroatoms. The van der Waals surface area contributed by atoms with Gasteiger partial charge in [-0.1, -0.05) is 18.2 Å². The van der Waals surface area contributed by atoms with Crippen LogP contribution in [0.1, 0.15) is 29.2 Å². The molecule has 0 saturated heterocycles. The van der Waals surface area contributed by atoms with Crippen LogP contribution >= 0.6 is 0 Å². The van der Waals surface area contributed by atoms with E-state index in [0.29, 0.717) is 5.75 Å². The summed E-state index contributed by atoms with van der Waals surface area (Å²) in [4.78, 5) is 10.3. The van der Waals surface area contributed by atoms with Crippen molar-refractivity contribution >= 4 is 5.69 Å². The van der Waals surface area contributed by atoms with E-state index < -0.39 is 4.92 Å². The van der Waals surface area contributed by atoms with Crippen molar-refractivity contribution in [3.8, 4) is 5.75 Å². The predicted molar refractivity (Wildman–Crippen MR) is 77.2 cm³/mol. The van der Waals surface area contributed by atoms with E-state index >= 15 is 0 Å². The maximum absolute atomic E-state index is 10.7. The first-order valence-electron chi connectivity index (χ1n) is 6.80. The summed E-state index contributed by atoms with van der Waals surface area (Å²) in [5, 5.41) is 20.5. The van der Waals surface area contributed by atoms with Gasteiger partial charge in [-0.15, -0.1) is 0 Å². The molecule has 5 nitrogen and oxygen atoms in total. The van der Waals surface area contributed by atoms with Gasteiger partial charge in [0.25, 0.3) is 5.69 Å². The lowest BCUT2D eigenvalue weighted by Gasteiger charge is -2.09. The highest BCUT2D eigenvalue weighted by Crippen LogP contribution is 2.33. The van der Waals surface area contributed by atoms with Crippen LogP contribution in [0.2, 0.25) is 0 Å². The Bertz CT molecular complexity index is 684. The second kappa shape index (κ2) is 5.54. The van der Waals surface area contributed by atoms with Crippen molar-refractivity contribution in [3.05, 3.63) is 69.3 Å². The SMILES string of the molecule is O=[N+]([O-])c1cccc(COc2ccc3c(c2)CCC3O)c1. The van der Waals surface area contributed by atoms with Gasteiger partial charge in [-0.2, -0.15) is 0 Å². The van der Waals surface area contributed by atoms with Crippen LogP contribution in [-0.2, 0) is 13.0 Å². The van der Waals surface area contributed by atoms with Crippen LogP contribution in [0.15, 0.2) is 42.5 Å². The third-order valence-electron chi connectivity index (χ3n) is 3.69. The Balaban J connectivity index is 1.71. The Kier molecular flexibility index (Phi) is 3.58. The Labute approximate surface area is 122 Å². The third kappa shape index (κ3) is 2.87. The zero-order valence-electron chi connectivity index (χ0n) is 11.4. The molecule has 0 spiro atoms. The molecule has 1 aliphatic carbocycles. The number of non-ortho nitro benzene ring substituents is 1. The normalized spacial score (nSPS) is 16.5. The van der Waals surface area contributed by atoms with E-state index in [-0.39, 0.29) is 18.4 Å². The topological polar surface area (TPSA) is 72.6 Å². The molecule has 0 heterocycles. The molecule has 108 valence electrons. The number of rotatable bonds is 4. The molecule has 0 aromatic heterocycles. The fourth-order valence-electron chi connectivity index (χ4n) is 2.59. The van der Waals surface area contributed by atoms with Gasteiger partial charge in [-0.25, -0.2) is 0 Å². The van der Waals surface area contributed by atoms with Crippen LogP contribution in [-0.4, -0.2) is 10.0 Å². The molecule has 1 aliphatic rings. The number of aliphatic hydroxyl groups excluding tert-OH is 1. The predicted octanol–water partition coefficient (Wildman–Crippen LogP) is 3.15. The van der Waals surface area contributed by atoms with Gasteiger partial charge in [-0.3, -0.25) is 10.1 Å². The zero-order valence-corrected chi connectivity index (χ0v) is 11.4. The Morgan fingerprint density at radius 1 is 1.29 bits per heavy atom. The molecule has 1 unspecified atom stereocenters. The van der Waals surface area contributed by atoms with E-state index in [1.165, 1.54) is 12.1 Å². The van der Waals surface area contributed by atoms with Crippen LogP contribution in [0.3, 0.4) is 0 Å². The molecule has 21 heavy (non-hydrogen) atoms. The molecule has 0 amide bonds. The molecular weight excluding hydrogens is 270 g/mol. The van der Waals surface area contributed by atoms with Gasteiger partial charge in [0.05, 0.1) is 11.0 Å². The van der Waals surface area contributed by atoms with E-state index in [4.69, 9.17) is 4.74 Å². The lowest BCUT2D eigenvalue weighted by molar-refractivity contribution is -0.384. The number of ether oxygens (including phenoxy) is 1. The molecule has 2 aromatic rings. The number of fused-ring (bicyclic) bond motifs is 1. The molecule has 1 N–H and O–H groups in total. The minimum absolute atomic E-state index is 0.0631. The summed E-state index contributed by atoms with van der Waals surface area (Å²) in [5.41, 5.74) is 2.90. The summed E-state index contributed by atoms with van der Waals surface area (Å²) < 4.78 is 5.68. The van der Waals surface area contributed by atoms with E-state index in [1.807, 2.05) is 18.2 Å². The van der Waals surface area contributed by atoms with Crippen molar-refractivity contribution in [3.63, 3.8) is 0 Å². The number of aryl methyl sites for hydroxylation is 1. The van der Waals surface area contributed by atoms with Crippen LogP contribution in [0.4, 0.5) is 5.69 Å². The van der Waals surface area contributed by atoms with E-state index in [9.17, 15) is 15.2 Å². The summed E-state index contributed by atoms with van der Waals surface area (Å²) in [6, 6.07) is 12.1. The van der Waals surface area contributed by atoms with E-state index in [2.05, 4.69) is 0 Å². The molecule has 1 atom stereocenters. The number of hydrogen-bond acceptors (Lipinski definition) is 4. The van der Waals surface area contributed by atoms with Crippen LogP contribution < -0.4 is 4.74 Å². The number of aliphatic hydroxyl groups is 1. The monoisotopic (exact) mass is 285 g/mol. The summed E-state index contributed by atoms with van der Waals surface area (Å²) in [5.74, 6) is 0.717. The molecule has 0 aliphatic heterocycles. The van der Waals surface area contributed by atoms with Crippen molar-refractivity contribution in [1.82, 2.24) is 0 Å². The lowest BCUT2D eigenvalue weighted by Crippen LogP contribution is -1.98. The van der Waals surface area contributed by atoms with Crippen molar-refractivity contribution < 1.29 is 14.8 Å². The van der Waals surface area contributed by atoms with Gasteiger partial charge in [0.15, 0.2) is 0 Å². The first-order valence-corrected chi connectivity index (χ1v) is 6.80. The van der Waals surface area contributed by atoms with Gasteiger partial charge >= 0.3 is 0 Å². The zero-order chi connectivity index (χ0) is 14.8. The average Bonchev–Trinajstić information content (AvgIpc) is 2.86. The Morgan fingerprint density at radius 2 is 2.14 bits per heavy atom. The maximum Gasteiger partial charge on any atom is 0.269 e. The maximum atomic E-state index is 10.7. The summed E-state index contributed by atoms with van der Waals surface area (Å²) >= 11 is 0. The lowest BCUT2D eigenvalue weighted by atomic mass is 10.1. The molecular formula is C16H15NO4. The van der Waals surface area contributed by atoms with Crippen LogP contribution in [0.25, 0.3) is 0 Å². The largest absolute Gasteiger partial charge is 0.489 e. The summed E-state index contributed by atoms with van der Waals surface area (Å²) in [6.07, 6.45) is 1.24. The van der Waals surface area contributed by atoms with Crippen molar-refractivity contribution in [2.45, 2.75) is 25.6 Å². The van der Waals surface area contributed by atoms with Gasteiger partial charge in [0.2, 0.25) is 0 Å². The summed E-state index contributed by atoms with van der Waals surface area (Å²) in [6.45, 7) is 0.281. The van der Waals surface area contributed by atoms with Gasteiger partial charge in [0, 0.05) is 12.1 Å². The Morgan fingerprint density at radius 3 is 2.95 bits per heavy atom. The molecule has 0 radical (unpaired) electrons. The van der Waals surface area contributed by atoms with Crippen LogP contribution in [0, 0.1) is 10.1 Å². The van der Waals surface area contributed by atoms with Crippen molar-refractivity contribution in [2.24, 2.45) is 0 Å². The quantitative estimate of drug-likeness (QED) is 0.691. The van der Waals surface area contributed by atoms with E-state index in [0.717, 1.165) is 29.5 Å². The number of nitro groups is 1. The Hall–Kier alpha value is -2.40. The summed E-state index contributed by atoms with van der Waals surface area (Å²) in [7, 11) is 0. The van der Waals surface area contributed by atoms with Gasteiger partial charge in [-0.05, 0) is 41.7 Å². The fraction of sp³-hybridized carbons (Fsp3) is 0.250. The fourth-order valence-corrected chi connectivity index (χ4v) is 2.59. The highest BCUT2D eigenvalue weighted by Gasteiger charge is 2.20. The van der Waals surface area contributed by atoms with E-state index in [1.54, 1.807) is 12.1 Å². The average molecular weight is 285 g/mol. The van der Waals surface area contributed by atoms with Gasteiger partial charge in [0.1, 0.15) is 12.4 Å². The van der Waals surface area contributed by atoms with Crippen molar-refractivity contribution in [2.75, 3.05) is 0 Å². The standard InChI is InChI=1S/C16H15NO4/c18-16-7-4-12-9-14(5-6-15(12)16)21-10-11-2-1-3-13(8-11)17(19)20/h1-3,5-6,8-9,16,18H,4,7,10H2. The first-order chi connectivity index (χ1) is 10.1. The minimum atomic E-state index is -0.416. The molecule has 0 saturated carbocycles. The smallest absolute Gasteiger partial charge is 0.269 e.